The first-order chi connectivity index (χ1) is 8.81. The SMILES string of the molecule is COc1ccccc1C(N)CSc1ncccn1. The molecule has 0 saturated heterocycles. The van der Waals surface area contributed by atoms with Gasteiger partial charge in [-0.2, -0.15) is 0 Å². The standard InChI is InChI=1S/C13H15N3OS/c1-17-12-6-3-2-5-10(12)11(14)9-18-13-15-7-4-8-16-13/h2-8,11H,9,14H2,1H3. The number of ether oxygens (including phenoxy) is 1. The lowest BCUT2D eigenvalue weighted by atomic mass is 10.1. The van der Waals surface area contributed by atoms with Gasteiger partial charge in [0.1, 0.15) is 5.75 Å². The van der Waals surface area contributed by atoms with E-state index in [2.05, 4.69) is 9.97 Å². The van der Waals surface area contributed by atoms with E-state index < -0.39 is 0 Å². The molecule has 0 saturated carbocycles. The average Bonchev–Trinajstić information content (AvgIpc) is 2.45. The van der Waals surface area contributed by atoms with Crippen LogP contribution in [0.4, 0.5) is 0 Å². The van der Waals surface area contributed by atoms with Gasteiger partial charge in [0.05, 0.1) is 7.11 Å². The molecule has 2 aromatic rings. The van der Waals surface area contributed by atoms with Crippen molar-refractivity contribution in [1.29, 1.82) is 0 Å². The highest BCUT2D eigenvalue weighted by Crippen LogP contribution is 2.27. The predicted octanol–water partition coefficient (Wildman–Crippen LogP) is 2.28. The minimum absolute atomic E-state index is 0.102. The number of rotatable bonds is 5. The van der Waals surface area contributed by atoms with Crippen LogP contribution >= 0.6 is 11.8 Å². The number of hydrogen-bond donors (Lipinski definition) is 1. The third kappa shape index (κ3) is 3.21. The number of nitrogens with zero attached hydrogens (tertiary/aromatic N) is 2. The number of benzene rings is 1. The van der Waals surface area contributed by atoms with E-state index >= 15 is 0 Å². The van der Waals surface area contributed by atoms with Crippen LogP contribution in [-0.4, -0.2) is 22.8 Å². The Morgan fingerprint density at radius 3 is 2.67 bits per heavy atom. The summed E-state index contributed by atoms with van der Waals surface area (Å²) in [7, 11) is 1.65. The Hall–Kier alpha value is -1.59. The third-order valence-corrected chi connectivity index (χ3v) is 3.47. The van der Waals surface area contributed by atoms with E-state index in [9.17, 15) is 0 Å². The highest BCUT2D eigenvalue weighted by atomic mass is 32.2. The summed E-state index contributed by atoms with van der Waals surface area (Å²) in [6.07, 6.45) is 3.45. The van der Waals surface area contributed by atoms with Crippen LogP contribution in [0.15, 0.2) is 47.9 Å². The molecule has 0 amide bonds. The van der Waals surface area contributed by atoms with E-state index in [4.69, 9.17) is 10.5 Å². The van der Waals surface area contributed by atoms with Crippen molar-refractivity contribution in [2.45, 2.75) is 11.2 Å². The maximum Gasteiger partial charge on any atom is 0.187 e. The Balaban J connectivity index is 2.01. The molecule has 94 valence electrons. The highest BCUT2D eigenvalue weighted by molar-refractivity contribution is 7.99. The summed E-state index contributed by atoms with van der Waals surface area (Å²) in [5.41, 5.74) is 7.17. The molecule has 1 aromatic heterocycles. The van der Waals surface area contributed by atoms with Crippen LogP contribution in [0.3, 0.4) is 0 Å². The molecular weight excluding hydrogens is 246 g/mol. The van der Waals surface area contributed by atoms with Crippen molar-refractivity contribution in [3.63, 3.8) is 0 Å². The van der Waals surface area contributed by atoms with E-state index in [-0.39, 0.29) is 6.04 Å². The molecule has 1 aromatic carbocycles. The summed E-state index contributed by atoms with van der Waals surface area (Å²) >= 11 is 1.54. The molecule has 2 rings (SSSR count). The van der Waals surface area contributed by atoms with Gasteiger partial charge in [0.2, 0.25) is 0 Å². The highest BCUT2D eigenvalue weighted by Gasteiger charge is 2.12. The molecule has 1 heterocycles. The molecule has 5 heteroatoms. The fourth-order valence-corrected chi connectivity index (χ4v) is 2.37. The summed E-state index contributed by atoms with van der Waals surface area (Å²) in [4.78, 5) is 8.30. The van der Waals surface area contributed by atoms with Gasteiger partial charge >= 0.3 is 0 Å². The van der Waals surface area contributed by atoms with Crippen LogP contribution < -0.4 is 10.5 Å². The smallest absolute Gasteiger partial charge is 0.187 e. The molecule has 1 unspecified atom stereocenters. The van der Waals surface area contributed by atoms with Gasteiger partial charge in [-0.1, -0.05) is 30.0 Å². The quantitative estimate of drug-likeness (QED) is 0.661. The van der Waals surface area contributed by atoms with E-state index in [1.807, 2.05) is 24.3 Å². The Morgan fingerprint density at radius 2 is 1.94 bits per heavy atom. The number of para-hydroxylation sites is 1. The summed E-state index contributed by atoms with van der Waals surface area (Å²) in [6, 6.07) is 9.48. The molecule has 2 N–H and O–H groups in total. The fraction of sp³-hybridized carbons (Fsp3) is 0.231. The molecular formula is C13H15N3OS. The van der Waals surface area contributed by atoms with Gasteiger partial charge in [0, 0.05) is 29.8 Å². The second-order valence-corrected chi connectivity index (χ2v) is 4.68. The second-order valence-electron chi connectivity index (χ2n) is 3.69. The summed E-state index contributed by atoms with van der Waals surface area (Å²) in [5, 5.41) is 0.739. The van der Waals surface area contributed by atoms with Crippen molar-refractivity contribution >= 4 is 11.8 Å². The summed E-state index contributed by atoms with van der Waals surface area (Å²) in [6.45, 7) is 0. The Morgan fingerprint density at radius 1 is 1.22 bits per heavy atom. The molecule has 0 fully saturated rings. The molecule has 0 aliphatic heterocycles. The van der Waals surface area contributed by atoms with Crippen LogP contribution in [0.25, 0.3) is 0 Å². The normalized spacial score (nSPS) is 12.1. The van der Waals surface area contributed by atoms with Crippen molar-refractivity contribution in [1.82, 2.24) is 9.97 Å². The van der Waals surface area contributed by atoms with Crippen molar-refractivity contribution in [3.8, 4) is 5.75 Å². The fourth-order valence-electron chi connectivity index (χ4n) is 1.59. The van der Waals surface area contributed by atoms with Crippen LogP contribution in [0.1, 0.15) is 11.6 Å². The van der Waals surface area contributed by atoms with E-state index in [1.165, 1.54) is 11.8 Å². The summed E-state index contributed by atoms with van der Waals surface area (Å²) in [5.74, 6) is 1.53. The van der Waals surface area contributed by atoms with Crippen LogP contribution in [-0.2, 0) is 0 Å². The van der Waals surface area contributed by atoms with Crippen molar-refractivity contribution in [3.05, 3.63) is 48.3 Å². The van der Waals surface area contributed by atoms with Gasteiger partial charge in [0.15, 0.2) is 5.16 Å². The van der Waals surface area contributed by atoms with E-state index in [1.54, 1.807) is 25.6 Å². The summed E-state index contributed by atoms with van der Waals surface area (Å²) < 4.78 is 5.30. The number of aromatic nitrogens is 2. The second kappa shape index (κ2) is 6.37. The Kier molecular flexibility index (Phi) is 4.55. The molecule has 0 aliphatic carbocycles. The van der Waals surface area contributed by atoms with Gasteiger partial charge < -0.3 is 10.5 Å². The third-order valence-electron chi connectivity index (χ3n) is 2.47. The topological polar surface area (TPSA) is 61.0 Å². The zero-order chi connectivity index (χ0) is 12.8. The first-order valence-electron chi connectivity index (χ1n) is 5.59. The van der Waals surface area contributed by atoms with Crippen molar-refractivity contribution in [2.24, 2.45) is 5.73 Å². The first kappa shape index (κ1) is 12.9. The van der Waals surface area contributed by atoms with Crippen molar-refractivity contribution < 1.29 is 4.74 Å². The number of nitrogens with two attached hydrogens (primary N) is 1. The Bertz CT molecular complexity index is 493. The lowest BCUT2D eigenvalue weighted by Crippen LogP contribution is -2.14. The number of hydrogen-bond acceptors (Lipinski definition) is 5. The largest absolute Gasteiger partial charge is 0.496 e. The minimum atomic E-state index is -0.102. The minimum Gasteiger partial charge on any atom is -0.496 e. The molecule has 1 atom stereocenters. The maximum atomic E-state index is 6.16. The molecule has 18 heavy (non-hydrogen) atoms. The van der Waals surface area contributed by atoms with Gasteiger partial charge in [-0.15, -0.1) is 0 Å². The monoisotopic (exact) mass is 261 g/mol. The number of methoxy groups -OCH3 is 1. The molecule has 0 spiro atoms. The zero-order valence-corrected chi connectivity index (χ0v) is 10.9. The number of thioether (sulfide) groups is 1. The van der Waals surface area contributed by atoms with Gasteiger partial charge in [0.25, 0.3) is 0 Å². The molecule has 0 aliphatic rings. The van der Waals surface area contributed by atoms with Gasteiger partial charge in [-0.05, 0) is 12.1 Å². The van der Waals surface area contributed by atoms with Crippen LogP contribution in [0, 0.1) is 0 Å². The molecule has 0 radical (unpaired) electrons. The van der Waals surface area contributed by atoms with Gasteiger partial charge in [-0.25, -0.2) is 9.97 Å². The van der Waals surface area contributed by atoms with Gasteiger partial charge in [-0.3, -0.25) is 0 Å². The van der Waals surface area contributed by atoms with Crippen molar-refractivity contribution in [2.75, 3.05) is 12.9 Å². The Labute approximate surface area is 111 Å². The van der Waals surface area contributed by atoms with Crippen LogP contribution in [0.2, 0.25) is 0 Å². The maximum absolute atomic E-state index is 6.16. The molecule has 4 nitrogen and oxygen atoms in total. The lowest BCUT2D eigenvalue weighted by Gasteiger charge is -2.14. The average molecular weight is 261 g/mol. The van der Waals surface area contributed by atoms with E-state index in [0.717, 1.165) is 16.5 Å². The van der Waals surface area contributed by atoms with Crippen LogP contribution in [0.5, 0.6) is 5.75 Å². The van der Waals surface area contributed by atoms with E-state index in [0.29, 0.717) is 5.75 Å². The zero-order valence-electron chi connectivity index (χ0n) is 10.1. The predicted molar refractivity (Wildman–Crippen MR) is 72.7 cm³/mol. The molecule has 0 bridgehead atoms. The first-order valence-corrected chi connectivity index (χ1v) is 6.58. The lowest BCUT2D eigenvalue weighted by molar-refractivity contribution is 0.407.